The topological polar surface area (TPSA) is 98.5 Å². The Morgan fingerprint density at radius 2 is 2.03 bits per heavy atom. The van der Waals surface area contributed by atoms with E-state index in [1.165, 1.54) is 31.5 Å². The fraction of sp³-hybridized carbons (Fsp3) is 0.190. The molecular weight excluding hydrogens is 443 g/mol. The molecule has 4 N–H and O–H groups in total. The van der Waals surface area contributed by atoms with E-state index >= 15 is 0 Å². The molecule has 0 atom stereocenters. The predicted octanol–water partition coefficient (Wildman–Crippen LogP) is 4.38. The lowest BCUT2D eigenvalue weighted by Gasteiger charge is -2.15. The van der Waals surface area contributed by atoms with Crippen LogP contribution in [0.25, 0.3) is 10.9 Å². The monoisotopic (exact) mass is 460 g/mol. The molecule has 1 amide bonds. The van der Waals surface area contributed by atoms with Gasteiger partial charge in [-0.15, -0.1) is 0 Å². The number of hydrogen-bond donors (Lipinski definition) is 3. The molecule has 10 heteroatoms. The third kappa shape index (κ3) is 4.62. The first-order chi connectivity index (χ1) is 14.9. The number of amides is 1. The molecule has 31 heavy (non-hydrogen) atoms. The summed E-state index contributed by atoms with van der Waals surface area (Å²) in [6.07, 6.45) is 3.61. The molecule has 1 saturated carbocycles. The summed E-state index contributed by atoms with van der Waals surface area (Å²) in [4.78, 5) is 16.0. The van der Waals surface area contributed by atoms with E-state index in [0.717, 1.165) is 12.8 Å². The number of aromatic nitrogens is 1. The molecule has 0 saturated heterocycles. The van der Waals surface area contributed by atoms with E-state index in [4.69, 9.17) is 39.0 Å². The molecule has 7 nitrogen and oxygen atoms in total. The minimum atomic E-state index is -0.672. The Morgan fingerprint density at radius 3 is 2.71 bits per heavy atom. The van der Waals surface area contributed by atoms with Crippen molar-refractivity contribution in [3.63, 3.8) is 0 Å². The first-order valence-corrected chi connectivity index (χ1v) is 10.2. The number of pyridine rings is 1. The van der Waals surface area contributed by atoms with E-state index < -0.39 is 11.7 Å². The van der Waals surface area contributed by atoms with E-state index in [9.17, 15) is 9.18 Å². The van der Waals surface area contributed by atoms with Gasteiger partial charge in [0.05, 0.1) is 28.9 Å². The van der Waals surface area contributed by atoms with Crippen molar-refractivity contribution in [2.24, 2.45) is 5.73 Å². The largest absolute Gasteiger partial charge is 0.496 e. The summed E-state index contributed by atoms with van der Waals surface area (Å²) in [7, 11) is 1.42. The summed E-state index contributed by atoms with van der Waals surface area (Å²) in [5.41, 5.74) is 6.40. The van der Waals surface area contributed by atoms with Gasteiger partial charge in [-0.25, -0.2) is 4.39 Å². The predicted molar refractivity (Wildman–Crippen MR) is 121 cm³/mol. The fourth-order valence-electron chi connectivity index (χ4n) is 2.99. The van der Waals surface area contributed by atoms with Gasteiger partial charge in [-0.3, -0.25) is 9.78 Å². The molecule has 160 valence electrons. The summed E-state index contributed by atoms with van der Waals surface area (Å²) >= 11 is 11.5. The van der Waals surface area contributed by atoms with Crippen molar-refractivity contribution in [1.29, 1.82) is 0 Å². The molecule has 2 aromatic carbocycles. The van der Waals surface area contributed by atoms with Crippen molar-refractivity contribution in [2.45, 2.75) is 18.9 Å². The Labute approximate surface area is 187 Å². The number of methoxy groups -OCH3 is 1. The highest BCUT2D eigenvalue weighted by molar-refractivity contribution is 7.80. The standard InChI is InChI=1S/C21H18ClFN4O3S/c1-29-18-9-15-11(6-12(18)20(24)28)17(4-5-25-15)30-19-7-13(22)16(8-14(19)23)27-21(31)26-10-2-3-10/h4-10H,2-3H2,1H3,(H2,24,28)(H2,26,27,31). The van der Waals surface area contributed by atoms with Gasteiger partial charge in [-0.05, 0) is 37.2 Å². The van der Waals surface area contributed by atoms with Crippen molar-refractivity contribution in [2.75, 3.05) is 12.4 Å². The zero-order chi connectivity index (χ0) is 22.1. The van der Waals surface area contributed by atoms with E-state index in [1.54, 1.807) is 12.1 Å². The van der Waals surface area contributed by atoms with Crippen LogP contribution in [0.15, 0.2) is 36.5 Å². The second kappa shape index (κ2) is 8.52. The highest BCUT2D eigenvalue weighted by atomic mass is 35.5. The first-order valence-electron chi connectivity index (χ1n) is 9.36. The molecule has 1 aliphatic carbocycles. The maximum Gasteiger partial charge on any atom is 0.252 e. The average Bonchev–Trinajstić information content (AvgIpc) is 3.54. The second-order valence-electron chi connectivity index (χ2n) is 6.98. The van der Waals surface area contributed by atoms with Crippen LogP contribution in [0.1, 0.15) is 23.2 Å². The number of anilines is 1. The van der Waals surface area contributed by atoms with Crippen LogP contribution in [0.2, 0.25) is 5.02 Å². The van der Waals surface area contributed by atoms with Crippen molar-refractivity contribution in [3.8, 4) is 17.2 Å². The number of hydrogen-bond acceptors (Lipinski definition) is 5. The molecule has 1 aromatic heterocycles. The molecule has 0 spiro atoms. The molecule has 3 aromatic rings. The Balaban J connectivity index is 1.65. The van der Waals surface area contributed by atoms with Gasteiger partial charge in [0.15, 0.2) is 16.7 Å². The molecular formula is C21H18ClFN4O3S. The molecule has 0 radical (unpaired) electrons. The van der Waals surface area contributed by atoms with E-state index in [2.05, 4.69) is 15.6 Å². The molecule has 0 bridgehead atoms. The molecule has 1 fully saturated rings. The molecule has 0 aliphatic heterocycles. The summed E-state index contributed by atoms with van der Waals surface area (Å²) in [5.74, 6) is -0.855. The minimum absolute atomic E-state index is 0.0967. The number of nitrogens with two attached hydrogens (primary N) is 1. The highest BCUT2D eigenvalue weighted by Gasteiger charge is 2.22. The van der Waals surface area contributed by atoms with Gasteiger partial charge in [0.25, 0.3) is 5.91 Å². The second-order valence-corrected chi connectivity index (χ2v) is 7.80. The number of benzene rings is 2. The van der Waals surface area contributed by atoms with Crippen LogP contribution in [0, 0.1) is 5.82 Å². The lowest BCUT2D eigenvalue weighted by atomic mass is 10.1. The molecule has 4 rings (SSSR count). The van der Waals surface area contributed by atoms with Crippen LogP contribution in [0.4, 0.5) is 10.1 Å². The normalized spacial score (nSPS) is 13.0. The zero-order valence-corrected chi connectivity index (χ0v) is 17.9. The maximum absolute atomic E-state index is 14.8. The quantitative estimate of drug-likeness (QED) is 0.469. The van der Waals surface area contributed by atoms with E-state index in [1.807, 2.05) is 0 Å². The van der Waals surface area contributed by atoms with Crippen molar-refractivity contribution >= 4 is 51.4 Å². The average molecular weight is 461 g/mol. The summed E-state index contributed by atoms with van der Waals surface area (Å²) in [6, 6.07) is 7.52. The molecule has 1 aliphatic rings. The van der Waals surface area contributed by atoms with Crippen LogP contribution >= 0.6 is 23.8 Å². The summed E-state index contributed by atoms with van der Waals surface area (Å²) < 4.78 is 25.7. The van der Waals surface area contributed by atoms with E-state index in [-0.39, 0.29) is 27.8 Å². The van der Waals surface area contributed by atoms with Gasteiger partial charge in [0.1, 0.15) is 11.5 Å². The maximum atomic E-state index is 14.8. The number of halogens is 2. The van der Waals surface area contributed by atoms with Crippen molar-refractivity contribution in [3.05, 3.63) is 52.9 Å². The smallest absolute Gasteiger partial charge is 0.252 e. The van der Waals surface area contributed by atoms with E-state index in [0.29, 0.717) is 27.7 Å². The number of nitrogens with zero attached hydrogens (tertiary/aromatic N) is 1. The summed E-state index contributed by atoms with van der Waals surface area (Å²) in [5, 5.41) is 7.07. The number of thiocarbonyl (C=S) groups is 1. The Hall–Kier alpha value is -3.17. The Morgan fingerprint density at radius 1 is 1.26 bits per heavy atom. The van der Waals surface area contributed by atoms with Gasteiger partial charge in [-0.1, -0.05) is 11.6 Å². The van der Waals surface area contributed by atoms with Crippen molar-refractivity contribution in [1.82, 2.24) is 10.3 Å². The van der Waals surface area contributed by atoms with Crippen LogP contribution < -0.4 is 25.8 Å². The molecule has 0 unspecified atom stereocenters. The number of carbonyl (C=O) groups is 1. The van der Waals surface area contributed by atoms with Gasteiger partial charge >= 0.3 is 0 Å². The van der Waals surface area contributed by atoms with Crippen LogP contribution in [-0.4, -0.2) is 29.2 Å². The summed E-state index contributed by atoms with van der Waals surface area (Å²) in [6.45, 7) is 0. The fourth-order valence-corrected chi connectivity index (χ4v) is 3.47. The lowest BCUT2D eigenvalue weighted by Crippen LogP contribution is -2.30. The third-order valence-electron chi connectivity index (χ3n) is 4.69. The molecule has 1 heterocycles. The number of rotatable bonds is 6. The highest BCUT2D eigenvalue weighted by Crippen LogP contribution is 2.36. The zero-order valence-electron chi connectivity index (χ0n) is 16.4. The SMILES string of the molecule is COc1cc2nccc(Oc3cc(Cl)c(NC(=S)NC4CC4)cc3F)c2cc1C(N)=O. The van der Waals surface area contributed by atoms with Gasteiger partial charge in [0.2, 0.25) is 0 Å². The Kier molecular flexibility index (Phi) is 5.79. The first kappa shape index (κ1) is 21.1. The Bertz CT molecular complexity index is 1200. The van der Waals surface area contributed by atoms with Gasteiger partial charge in [-0.2, -0.15) is 0 Å². The number of ether oxygens (including phenoxy) is 2. The number of nitrogens with one attached hydrogen (secondary N) is 2. The van der Waals surface area contributed by atoms with Gasteiger partial charge < -0.3 is 25.8 Å². The lowest BCUT2D eigenvalue weighted by molar-refractivity contribution is 0.0997. The number of fused-ring (bicyclic) bond motifs is 1. The van der Waals surface area contributed by atoms with Crippen LogP contribution in [0.5, 0.6) is 17.2 Å². The van der Waals surface area contributed by atoms with Crippen LogP contribution in [-0.2, 0) is 0 Å². The van der Waals surface area contributed by atoms with Gasteiger partial charge in [0, 0.05) is 35.8 Å². The van der Waals surface area contributed by atoms with Crippen LogP contribution in [0.3, 0.4) is 0 Å². The number of carbonyl (C=O) groups excluding carboxylic acids is 1. The third-order valence-corrected chi connectivity index (χ3v) is 5.22. The number of primary amides is 1. The minimum Gasteiger partial charge on any atom is -0.496 e. The van der Waals surface area contributed by atoms with Crippen molar-refractivity contribution < 1.29 is 18.7 Å².